The second-order valence-corrected chi connectivity index (χ2v) is 3.05. The predicted octanol–water partition coefficient (Wildman–Crippen LogP) is -0.474. The zero-order chi connectivity index (χ0) is 11.7. The molecular weight excluding hydrogens is 224 g/mol. The molecule has 0 aliphatic carbocycles. The van der Waals surface area contributed by atoms with E-state index in [1.165, 1.54) is 18.9 Å². The molecule has 0 amide bonds. The predicted molar refractivity (Wildman–Crippen MR) is 59.1 cm³/mol. The van der Waals surface area contributed by atoms with Gasteiger partial charge in [0.05, 0.1) is 6.21 Å². The highest BCUT2D eigenvalue weighted by molar-refractivity contribution is 6.31. The number of rotatable bonds is 0. The highest BCUT2D eigenvalue weighted by atomic mass is 15.6. The van der Waals surface area contributed by atoms with E-state index in [9.17, 15) is 0 Å². The minimum absolute atomic E-state index is 0.305. The Bertz CT molecular complexity index is 650. The third kappa shape index (κ3) is 1.47. The van der Waals surface area contributed by atoms with Crippen molar-refractivity contribution in [3.05, 3.63) is 12.7 Å². The molecule has 0 fully saturated rings. The molecule has 3 heterocycles. The van der Waals surface area contributed by atoms with Crippen LogP contribution in [-0.2, 0) is 0 Å². The van der Waals surface area contributed by atoms with Gasteiger partial charge in [0.2, 0.25) is 0 Å². The first kappa shape index (κ1) is 9.33. The molecule has 0 unspecified atom stereocenters. The molecule has 1 aliphatic rings. The van der Waals surface area contributed by atoms with Crippen molar-refractivity contribution in [2.24, 2.45) is 20.6 Å². The Hall–Kier alpha value is -2.91. The van der Waals surface area contributed by atoms with E-state index in [4.69, 9.17) is 5.73 Å². The van der Waals surface area contributed by atoms with Gasteiger partial charge in [-0.05, 0) is 10.4 Å². The van der Waals surface area contributed by atoms with Crippen LogP contribution in [0.1, 0.15) is 0 Å². The Balaban J connectivity index is 2.21. The van der Waals surface area contributed by atoms with Crippen LogP contribution in [-0.4, -0.2) is 31.6 Å². The molecule has 0 saturated heterocycles. The number of anilines is 1. The van der Waals surface area contributed by atoms with Crippen LogP contribution in [0.15, 0.2) is 33.3 Å². The first-order chi connectivity index (χ1) is 8.36. The fraction of sp³-hybridized carbons (Fsp3) is 0. The SMILES string of the molecule is Nc1ncnc2c1ncn2C1=NN=NNN=C1. The summed E-state index contributed by atoms with van der Waals surface area (Å²) in [7, 11) is 0. The van der Waals surface area contributed by atoms with E-state index in [1.54, 1.807) is 4.57 Å². The second-order valence-electron chi connectivity index (χ2n) is 3.05. The third-order valence-electron chi connectivity index (χ3n) is 2.08. The lowest BCUT2D eigenvalue weighted by molar-refractivity contribution is 0.732. The molecule has 1 aliphatic heterocycles. The number of hydrazone groups is 1. The summed E-state index contributed by atoms with van der Waals surface area (Å²) in [6.45, 7) is 0. The molecule has 0 saturated carbocycles. The maximum absolute atomic E-state index is 5.68. The van der Waals surface area contributed by atoms with E-state index in [2.05, 4.69) is 41.1 Å². The van der Waals surface area contributed by atoms with E-state index in [1.807, 2.05) is 0 Å². The smallest absolute Gasteiger partial charge is 0.184 e. The molecule has 0 radical (unpaired) electrons. The van der Waals surface area contributed by atoms with Crippen LogP contribution in [0.5, 0.6) is 0 Å². The Kier molecular flexibility index (Phi) is 1.97. The number of nitrogen functional groups attached to an aromatic ring is 1. The largest absolute Gasteiger partial charge is 0.382 e. The van der Waals surface area contributed by atoms with Crippen molar-refractivity contribution in [1.82, 2.24) is 25.1 Å². The normalized spacial score (nSPS) is 14.5. The molecule has 17 heavy (non-hydrogen) atoms. The minimum Gasteiger partial charge on any atom is -0.382 e. The average molecular weight is 230 g/mol. The van der Waals surface area contributed by atoms with Gasteiger partial charge in [-0.3, -0.25) is 4.57 Å². The van der Waals surface area contributed by atoms with Crippen molar-refractivity contribution in [1.29, 1.82) is 0 Å². The first-order valence-electron chi connectivity index (χ1n) is 4.56. The van der Waals surface area contributed by atoms with Crippen LogP contribution in [0.4, 0.5) is 5.82 Å². The topological polar surface area (TPSA) is 131 Å². The number of hydrogen-bond acceptors (Lipinski definition) is 9. The summed E-state index contributed by atoms with van der Waals surface area (Å²) >= 11 is 0. The van der Waals surface area contributed by atoms with Gasteiger partial charge in [-0.1, -0.05) is 0 Å². The Morgan fingerprint density at radius 1 is 1.24 bits per heavy atom. The zero-order valence-electron chi connectivity index (χ0n) is 8.39. The molecular formula is C7H6N10. The minimum atomic E-state index is 0.305. The fourth-order valence-electron chi connectivity index (χ4n) is 1.36. The van der Waals surface area contributed by atoms with Crippen molar-refractivity contribution in [2.75, 3.05) is 5.73 Å². The molecule has 0 bridgehead atoms. The lowest BCUT2D eigenvalue weighted by atomic mass is 10.5. The number of imidazole rings is 1. The third-order valence-corrected chi connectivity index (χ3v) is 2.08. The van der Waals surface area contributed by atoms with Gasteiger partial charge in [-0.15, -0.1) is 5.10 Å². The Labute approximate surface area is 94.0 Å². The van der Waals surface area contributed by atoms with Gasteiger partial charge >= 0.3 is 0 Å². The molecule has 3 N–H and O–H groups in total. The van der Waals surface area contributed by atoms with Crippen molar-refractivity contribution in [2.45, 2.75) is 0 Å². The summed E-state index contributed by atoms with van der Waals surface area (Å²) < 4.78 is 1.59. The number of fused-ring (bicyclic) bond motifs is 1. The summed E-state index contributed by atoms with van der Waals surface area (Å²) in [5, 5.41) is 14.5. The van der Waals surface area contributed by atoms with Crippen LogP contribution < -0.4 is 11.3 Å². The Morgan fingerprint density at radius 2 is 2.18 bits per heavy atom. The van der Waals surface area contributed by atoms with Crippen LogP contribution in [0.3, 0.4) is 0 Å². The van der Waals surface area contributed by atoms with Gasteiger partial charge < -0.3 is 5.73 Å². The van der Waals surface area contributed by atoms with Gasteiger partial charge in [0.15, 0.2) is 22.8 Å². The molecule has 10 nitrogen and oxygen atoms in total. The van der Waals surface area contributed by atoms with Gasteiger partial charge in [0.25, 0.3) is 0 Å². The van der Waals surface area contributed by atoms with Gasteiger partial charge in [-0.2, -0.15) is 10.6 Å². The van der Waals surface area contributed by atoms with E-state index in [-0.39, 0.29) is 0 Å². The van der Waals surface area contributed by atoms with Gasteiger partial charge in [0.1, 0.15) is 12.7 Å². The summed E-state index contributed by atoms with van der Waals surface area (Å²) in [4.78, 5) is 12.0. The molecule has 0 atom stereocenters. The quantitative estimate of drug-likeness (QED) is 0.631. The summed E-state index contributed by atoms with van der Waals surface area (Å²) in [5.74, 6) is 0.721. The Morgan fingerprint density at radius 3 is 3.12 bits per heavy atom. The zero-order valence-corrected chi connectivity index (χ0v) is 8.39. The van der Waals surface area contributed by atoms with Gasteiger partial charge in [-0.25, -0.2) is 15.0 Å². The van der Waals surface area contributed by atoms with Crippen LogP contribution >= 0.6 is 0 Å². The summed E-state index contributed by atoms with van der Waals surface area (Å²) in [5.41, 5.74) is 9.02. The van der Waals surface area contributed by atoms with Crippen LogP contribution in [0.2, 0.25) is 0 Å². The van der Waals surface area contributed by atoms with E-state index < -0.39 is 0 Å². The molecule has 10 heteroatoms. The molecule has 2 aromatic rings. The van der Waals surface area contributed by atoms with Crippen molar-refractivity contribution in [3.8, 4) is 0 Å². The highest BCUT2D eigenvalue weighted by Crippen LogP contribution is 2.13. The van der Waals surface area contributed by atoms with E-state index >= 15 is 0 Å². The standard InChI is InChI=1S/C7H6N10/c8-6-5-7(10-2-9-6)17(3-11-5)4-1-12-14-16-15-13-4/h1-3H,(H,14,15)(H2,8,9,10). The molecule has 0 aromatic carbocycles. The molecule has 3 rings (SSSR count). The van der Waals surface area contributed by atoms with Crippen molar-refractivity contribution >= 4 is 29.0 Å². The summed E-state index contributed by atoms with van der Waals surface area (Å²) in [6, 6.07) is 0. The monoisotopic (exact) mass is 230 g/mol. The number of nitrogens with one attached hydrogen (secondary N) is 1. The fourth-order valence-corrected chi connectivity index (χ4v) is 1.36. The molecule has 0 spiro atoms. The number of nitrogens with two attached hydrogens (primary N) is 1. The maximum Gasteiger partial charge on any atom is 0.184 e. The van der Waals surface area contributed by atoms with E-state index in [0.29, 0.717) is 22.8 Å². The van der Waals surface area contributed by atoms with Gasteiger partial charge in [0, 0.05) is 0 Å². The molecule has 84 valence electrons. The highest BCUT2D eigenvalue weighted by Gasteiger charge is 2.11. The lowest BCUT2D eigenvalue weighted by Gasteiger charge is -1.99. The molecule has 2 aromatic heterocycles. The number of aromatic nitrogens is 4. The maximum atomic E-state index is 5.68. The number of nitrogens with zero attached hydrogens (tertiary/aromatic N) is 8. The van der Waals surface area contributed by atoms with Crippen molar-refractivity contribution in [3.63, 3.8) is 0 Å². The average Bonchev–Trinajstić information content (AvgIpc) is 2.59. The number of hydrogen-bond donors (Lipinski definition) is 2. The lowest BCUT2D eigenvalue weighted by Crippen LogP contribution is -2.13. The van der Waals surface area contributed by atoms with E-state index in [0.717, 1.165) is 0 Å². The summed E-state index contributed by atoms with van der Waals surface area (Å²) in [6.07, 6.45) is 4.31. The van der Waals surface area contributed by atoms with Crippen molar-refractivity contribution < 1.29 is 0 Å². The first-order valence-corrected chi connectivity index (χ1v) is 4.56. The van der Waals surface area contributed by atoms with Crippen LogP contribution in [0, 0.1) is 0 Å². The second kappa shape index (κ2) is 3.59. The van der Waals surface area contributed by atoms with Crippen LogP contribution in [0.25, 0.3) is 11.2 Å².